The van der Waals surface area contributed by atoms with Crippen molar-refractivity contribution >= 4 is 21.5 Å². The van der Waals surface area contributed by atoms with E-state index >= 15 is 0 Å². The molecule has 2 aromatic heterocycles. The van der Waals surface area contributed by atoms with E-state index < -0.39 is 10.0 Å². The van der Waals surface area contributed by atoms with E-state index in [9.17, 15) is 8.42 Å². The minimum atomic E-state index is -3.66. The molecule has 142 valence electrons. The van der Waals surface area contributed by atoms with E-state index in [0.29, 0.717) is 24.6 Å². The van der Waals surface area contributed by atoms with Crippen molar-refractivity contribution in [3.05, 3.63) is 65.6 Å². The Morgan fingerprint density at radius 1 is 1.11 bits per heavy atom. The van der Waals surface area contributed by atoms with E-state index in [2.05, 4.69) is 20.5 Å². The fraction of sp³-hybridized carbons (Fsp3) is 0.263. The van der Waals surface area contributed by atoms with Crippen LogP contribution in [0.2, 0.25) is 0 Å². The first-order chi connectivity index (χ1) is 12.9. The monoisotopic (exact) mass is 385 g/mol. The molecule has 0 aliphatic rings. The van der Waals surface area contributed by atoms with Crippen LogP contribution in [-0.4, -0.2) is 30.1 Å². The largest absolute Gasteiger partial charge is 0.366 e. The molecule has 0 amide bonds. The molecule has 0 spiro atoms. The predicted octanol–water partition coefficient (Wildman–Crippen LogP) is 3.25. The molecule has 1 aromatic carbocycles. The molecular weight excluding hydrogens is 362 g/mol. The second-order valence-corrected chi connectivity index (χ2v) is 8.01. The van der Waals surface area contributed by atoms with Gasteiger partial charge in [-0.05, 0) is 45.0 Å². The molecule has 27 heavy (non-hydrogen) atoms. The van der Waals surface area contributed by atoms with Crippen molar-refractivity contribution in [1.82, 2.24) is 15.2 Å². The number of nitrogens with one attached hydrogen (secondary N) is 2. The number of hydrogen-bond donors (Lipinski definition) is 2. The Bertz CT molecular complexity index is 979. The fourth-order valence-corrected chi connectivity index (χ4v) is 4.28. The summed E-state index contributed by atoms with van der Waals surface area (Å²) in [6.07, 6.45) is 1.39. The summed E-state index contributed by atoms with van der Waals surface area (Å²) in [6, 6.07) is 12.3. The molecule has 3 aromatic rings. The number of aryl methyl sites for hydroxylation is 2. The SMILES string of the molecule is CCN(c1ccccc1)S(=O)(=O)c1ccc(NCc2c(C)n[nH]c2C)nc1. The molecule has 8 heteroatoms. The minimum Gasteiger partial charge on any atom is -0.366 e. The van der Waals surface area contributed by atoms with Gasteiger partial charge in [0.15, 0.2) is 0 Å². The van der Waals surface area contributed by atoms with Crippen molar-refractivity contribution in [3.8, 4) is 0 Å². The van der Waals surface area contributed by atoms with Crippen molar-refractivity contribution in [2.45, 2.75) is 32.2 Å². The zero-order valence-electron chi connectivity index (χ0n) is 15.6. The number of nitrogens with zero attached hydrogens (tertiary/aromatic N) is 3. The summed E-state index contributed by atoms with van der Waals surface area (Å²) in [5.41, 5.74) is 3.64. The third-order valence-electron chi connectivity index (χ3n) is 4.38. The molecule has 0 aliphatic heterocycles. The summed E-state index contributed by atoms with van der Waals surface area (Å²) in [5.74, 6) is 0.608. The van der Waals surface area contributed by atoms with Gasteiger partial charge in [-0.3, -0.25) is 9.40 Å². The molecule has 2 heterocycles. The van der Waals surface area contributed by atoms with Gasteiger partial charge in [-0.15, -0.1) is 0 Å². The standard InChI is InChI=1S/C19H23N5O2S/c1-4-24(16-8-6-5-7-9-16)27(25,26)17-10-11-19(20-12-17)21-13-18-14(2)22-23-15(18)3/h5-12H,4,13H2,1-3H3,(H,20,21)(H,22,23). The summed E-state index contributed by atoms with van der Waals surface area (Å²) in [6.45, 7) is 6.61. The van der Waals surface area contributed by atoms with E-state index in [4.69, 9.17) is 0 Å². The highest BCUT2D eigenvalue weighted by atomic mass is 32.2. The third kappa shape index (κ3) is 3.95. The Morgan fingerprint density at radius 2 is 1.85 bits per heavy atom. The second-order valence-electron chi connectivity index (χ2n) is 6.15. The Kier molecular flexibility index (Phi) is 5.46. The minimum absolute atomic E-state index is 0.162. The average molecular weight is 385 g/mol. The maximum atomic E-state index is 13.0. The highest BCUT2D eigenvalue weighted by molar-refractivity contribution is 7.92. The van der Waals surface area contributed by atoms with Crippen LogP contribution in [0.25, 0.3) is 0 Å². The Hall–Kier alpha value is -2.87. The number of aromatic amines is 1. The van der Waals surface area contributed by atoms with Crippen LogP contribution in [0.15, 0.2) is 53.6 Å². The van der Waals surface area contributed by atoms with Crippen LogP contribution in [0, 0.1) is 13.8 Å². The maximum absolute atomic E-state index is 13.0. The quantitative estimate of drug-likeness (QED) is 0.651. The summed E-state index contributed by atoms with van der Waals surface area (Å²) in [5, 5.41) is 10.3. The Labute approximate surface area is 159 Å². The zero-order chi connectivity index (χ0) is 19.4. The van der Waals surface area contributed by atoms with Gasteiger partial charge in [0.2, 0.25) is 0 Å². The lowest BCUT2D eigenvalue weighted by atomic mass is 10.2. The highest BCUT2D eigenvalue weighted by Gasteiger charge is 2.23. The number of H-pyrrole nitrogens is 1. The average Bonchev–Trinajstić information content (AvgIpc) is 2.99. The second kappa shape index (κ2) is 7.79. The lowest BCUT2D eigenvalue weighted by Gasteiger charge is -2.22. The van der Waals surface area contributed by atoms with E-state index in [-0.39, 0.29) is 4.90 Å². The first kappa shape index (κ1) is 18.9. The molecule has 0 saturated heterocycles. The van der Waals surface area contributed by atoms with Crippen LogP contribution >= 0.6 is 0 Å². The van der Waals surface area contributed by atoms with Gasteiger partial charge in [0.1, 0.15) is 10.7 Å². The number of rotatable bonds is 7. The first-order valence-corrected chi connectivity index (χ1v) is 10.2. The van der Waals surface area contributed by atoms with E-state index in [1.807, 2.05) is 39.0 Å². The molecule has 0 radical (unpaired) electrons. The van der Waals surface area contributed by atoms with Crippen LogP contribution in [-0.2, 0) is 16.6 Å². The molecule has 0 atom stereocenters. The molecular formula is C19H23N5O2S. The fourth-order valence-electron chi connectivity index (χ4n) is 2.86. The van der Waals surface area contributed by atoms with Gasteiger partial charge in [0.05, 0.1) is 11.4 Å². The maximum Gasteiger partial charge on any atom is 0.265 e. The zero-order valence-corrected chi connectivity index (χ0v) is 16.4. The summed E-state index contributed by atoms with van der Waals surface area (Å²) >= 11 is 0. The van der Waals surface area contributed by atoms with Crippen LogP contribution in [0.4, 0.5) is 11.5 Å². The van der Waals surface area contributed by atoms with Gasteiger partial charge in [0, 0.05) is 30.5 Å². The van der Waals surface area contributed by atoms with Gasteiger partial charge >= 0.3 is 0 Å². The predicted molar refractivity (Wildman–Crippen MR) is 106 cm³/mol. The van der Waals surface area contributed by atoms with Gasteiger partial charge in [-0.25, -0.2) is 13.4 Å². The normalized spacial score (nSPS) is 11.4. The van der Waals surface area contributed by atoms with E-state index in [0.717, 1.165) is 17.0 Å². The highest BCUT2D eigenvalue weighted by Crippen LogP contribution is 2.23. The molecule has 0 unspecified atom stereocenters. The number of benzene rings is 1. The van der Waals surface area contributed by atoms with Gasteiger partial charge < -0.3 is 5.32 Å². The third-order valence-corrected chi connectivity index (χ3v) is 6.27. The van der Waals surface area contributed by atoms with Crippen LogP contribution in [0.1, 0.15) is 23.9 Å². The van der Waals surface area contributed by atoms with E-state index in [1.54, 1.807) is 24.3 Å². The van der Waals surface area contributed by atoms with Crippen LogP contribution in [0.3, 0.4) is 0 Å². The number of aromatic nitrogens is 3. The lowest BCUT2D eigenvalue weighted by Crippen LogP contribution is -2.30. The first-order valence-electron chi connectivity index (χ1n) is 8.71. The van der Waals surface area contributed by atoms with Crippen molar-refractivity contribution in [2.24, 2.45) is 0 Å². The van der Waals surface area contributed by atoms with Crippen molar-refractivity contribution in [3.63, 3.8) is 0 Å². The molecule has 0 saturated carbocycles. The summed E-state index contributed by atoms with van der Waals surface area (Å²) < 4.78 is 27.3. The number of para-hydroxylation sites is 1. The summed E-state index contributed by atoms with van der Waals surface area (Å²) in [7, 11) is -3.66. The molecule has 2 N–H and O–H groups in total. The molecule has 0 fully saturated rings. The Balaban J connectivity index is 1.77. The van der Waals surface area contributed by atoms with Crippen molar-refractivity contribution < 1.29 is 8.42 Å². The smallest absolute Gasteiger partial charge is 0.265 e. The van der Waals surface area contributed by atoms with Gasteiger partial charge in [0.25, 0.3) is 10.0 Å². The number of sulfonamides is 1. The number of anilines is 2. The van der Waals surface area contributed by atoms with Crippen LogP contribution in [0.5, 0.6) is 0 Å². The molecule has 3 rings (SSSR count). The number of hydrogen-bond acceptors (Lipinski definition) is 5. The summed E-state index contributed by atoms with van der Waals surface area (Å²) in [4.78, 5) is 4.43. The number of pyridine rings is 1. The van der Waals surface area contributed by atoms with Crippen LogP contribution < -0.4 is 9.62 Å². The van der Waals surface area contributed by atoms with Crippen molar-refractivity contribution in [2.75, 3.05) is 16.2 Å². The molecule has 0 aliphatic carbocycles. The molecule has 7 nitrogen and oxygen atoms in total. The van der Waals surface area contributed by atoms with Crippen molar-refractivity contribution in [1.29, 1.82) is 0 Å². The lowest BCUT2D eigenvalue weighted by molar-refractivity contribution is 0.591. The van der Waals surface area contributed by atoms with Gasteiger partial charge in [-0.2, -0.15) is 5.10 Å². The van der Waals surface area contributed by atoms with E-state index in [1.165, 1.54) is 10.5 Å². The van der Waals surface area contributed by atoms with Gasteiger partial charge in [-0.1, -0.05) is 18.2 Å². The molecule has 0 bridgehead atoms. The topological polar surface area (TPSA) is 91.0 Å². The Morgan fingerprint density at radius 3 is 2.41 bits per heavy atom.